The lowest BCUT2D eigenvalue weighted by molar-refractivity contribution is -0.0476. The third kappa shape index (κ3) is 2.19. The van der Waals surface area contributed by atoms with Crippen LogP contribution in [-0.2, 0) is 4.74 Å². The van der Waals surface area contributed by atoms with Crippen LogP contribution in [0.2, 0.25) is 0 Å². The van der Waals surface area contributed by atoms with E-state index in [2.05, 4.69) is 4.98 Å². The maximum atomic E-state index is 11.7. The van der Waals surface area contributed by atoms with Crippen molar-refractivity contribution >= 4 is 12.2 Å². The Labute approximate surface area is 102 Å². The van der Waals surface area contributed by atoms with Gasteiger partial charge in [0.25, 0.3) is 0 Å². The topological polar surface area (TPSA) is 87.5 Å². The molecule has 2 rings (SSSR count). The van der Waals surface area contributed by atoms with Gasteiger partial charge in [0.2, 0.25) is 0 Å². The van der Waals surface area contributed by atoms with Crippen LogP contribution >= 0.6 is 12.2 Å². The molecule has 0 bridgehead atoms. The largest absolute Gasteiger partial charge is 0.394 e. The van der Waals surface area contributed by atoms with Crippen LogP contribution < -0.4 is 5.69 Å². The van der Waals surface area contributed by atoms with Crippen molar-refractivity contribution in [2.45, 2.75) is 25.4 Å². The number of hydrogen-bond acceptors (Lipinski definition) is 5. The molecule has 1 saturated heterocycles. The molecule has 1 fully saturated rings. The van der Waals surface area contributed by atoms with Gasteiger partial charge in [-0.15, -0.1) is 0 Å². The van der Waals surface area contributed by atoms with Crippen LogP contribution in [0, 0.1) is 10.6 Å². The molecule has 1 aromatic heterocycles. The fourth-order valence-corrected chi connectivity index (χ4v) is 2.14. The summed E-state index contributed by atoms with van der Waals surface area (Å²) in [5.41, 5.74) is -0.389. The fraction of sp³-hybridized carbons (Fsp3) is 0.600. The molecule has 1 aliphatic rings. The van der Waals surface area contributed by atoms with E-state index in [0.717, 1.165) is 0 Å². The minimum absolute atomic E-state index is 0.278. The molecule has 94 valence electrons. The molecule has 17 heavy (non-hydrogen) atoms. The van der Waals surface area contributed by atoms with E-state index >= 15 is 0 Å². The third-order valence-electron chi connectivity index (χ3n) is 2.99. The lowest BCUT2D eigenvalue weighted by Gasteiger charge is -2.17. The van der Waals surface area contributed by atoms with Crippen molar-refractivity contribution in [2.75, 3.05) is 6.61 Å². The van der Waals surface area contributed by atoms with E-state index in [-0.39, 0.29) is 18.2 Å². The van der Waals surface area contributed by atoms with Gasteiger partial charge in [0.1, 0.15) is 17.0 Å². The quantitative estimate of drug-likeness (QED) is 0.639. The summed E-state index contributed by atoms with van der Waals surface area (Å²) in [6.07, 6.45) is -0.527. The van der Waals surface area contributed by atoms with Gasteiger partial charge in [-0.2, -0.15) is 0 Å². The molecule has 0 saturated carbocycles. The smallest absolute Gasteiger partial charge is 0.328 e. The average Bonchev–Trinajstić information content (AvgIpc) is 2.57. The summed E-state index contributed by atoms with van der Waals surface area (Å²) in [5.74, 6) is -0.283. The van der Waals surface area contributed by atoms with Crippen LogP contribution in [0.4, 0.5) is 0 Å². The van der Waals surface area contributed by atoms with Crippen molar-refractivity contribution in [1.29, 1.82) is 0 Å². The molecule has 0 aromatic carbocycles. The van der Waals surface area contributed by atoms with Crippen LogP contribution in [0.15, 0.2) is 17.1 Å². The normalized spacial score (nSPS) is 32.9. The van der Waals surface area contributed by atoms with E-state index in [4.69, 9.17) is 22.1 Å². The van der Waals surface area contributed by atoms with Crippen LogP contribution in [0.3, 0.4) is 0 Å². The lowest BCUT2D eigenvalue weighted by atomic mass is 10.0. The molecule has 1 aromatic rings. The second kappa shape index (κ2) is 4.69. The van der Waals surface area contributed by atoms with Crippen molar-refractivity contribution < 1.29 is 14.9 Å². The SMILES string of the molecule is C[C@H]1C(O)[C@@H](CO)O[C@H]1n1ccc(=S)[nH]c1=O. The Morgan fingerprint density at radius 1 is 1.65 bits per heavy atom. The molecule has 0 radical (unpaired) electrons. The van der Waals surface area contributed by atoms with Gasteiger partial charge >= 0.3 is 5.69 Å². The van der Waals surface area contributed by atoms with Crippen LogP contribution in [0.5, 0.6) is 0 Å². The predicted molar refractivity (Wildman–Crippen MR) is 62.1 cm³/mol. The number of nitrogens with zero attached hydrogens (tertiary/aromatic N) is 1. The van der Waals surface area contributed by atoms with Gasteiger partial charge in [-0.1, -0.05) is 19.1 Å². The molecule has 0 aliphatic carbocycles. The molecule has 7 heteroatoms. The first-order valence-electron chi connectivity index (χ1n) is 5.30. The Morgan fingerprint density at radius 3 is 2.88 bits per heavy atom. The summed E-state index contributed by atoms with van der Waals surface area (Å²) < 4.78 is 7.13. The molecule has 0 amide bonds. The van der Waals surface area contributed by atoms with E-state index in [9.17, 15) is 9.90 Å². The highest BCUT2D eigenvalue weighted by atomic mass is 32.1. The van der Waals surface area contributed by atoms with Crippen LogP contribution in [-0.4, -0.2) is 38.6 Å². The number of ether oxygens (including phenoxy) is 1. The van der Waals surface area contributed by atoms with Gasteiger partial charge in [0.15, 0.2) is 0 Å². The van der Waals surface area contributed by atoms with Crippen molar-refractivity contribution in [3.8, 4) is 0 Å². The molecule has 1 aliphatic heterocycles. The standard InChI is InChI=1S/C10H14N2O4S/c1-5-8(14)6(4-13)16-9(5)12-3-2-7(17)11-10(12)15/h2-3,5-6,8-9,13-14H,4H2,1H3,(H,11,15,17)/t5-,6+,8?,9+/m0/s1. The van der Waals surface area contributed by atoms with Crippen LogP contribution in [0.25, 0.3) is 0 Å². The second-order valence-electron chi connectivity index (χ2n) is 4.11. The Kier molecular flexibility index (Phi) is 3.43. The van der Waals surface area contributed by atoms with Gasteiger partial charge in [-0.25, -0.2) is 4.79 Å². The summed E-state index contributed by atoms with van der Waals surface area (Å²) in [5, 5.41) is 18.8. The summed E-state index contributed by atoms with van der Waals surface area (Å²) in [6, 6.07) is 1.57. The summed E-state index contributed by atoms with van der Waals surface area (Å²) in [7, 11) is 0. The molecule has 6 nitrogen and oxygen atoms in total. The number of H-pyrrole nitrogens is 1. The number of nitrogens with one attached hydrogen (secondary N) is 1. The minimum Gasteiger partial charge on any atom is -0.394 e. The number of rotatable bonds is 2. The molecule has 1 unspecified atom stereocenters. The maximum absolute atomic E-state index is 11.7. The third-order valence-corrected chi connectivity index (χ3v) is 3.23. The second-order valence-corrected chi connectivity index (χ2v) is 4.55. The summed E-state index contributed by atoms with van der Waals surface area (Å²) >= 11 is 4.83. The highest BCUT2D eigenvalue weighted by Gasteiger charge is 2.41. The van der Waals surface area contributed by atoms with Crippen molar-refractivity contribution in [1.82, 2.24) is 9.55 Å². The van der Waals surface area contributed by atoms with Gasteiger partial charge in [-0.3, -0.25) is 9.55 Å². The fourth-order valence-electron chi connectivity index (χ4n) is 1.99. The van der Waals surface area contributed by atoms with E-state index in [1.54, 1.807) is 13.0 Å². The minimum atomic E-state index is -0.792. The van der Waals surface area contributed by atoms with Crippen molar-refractivity contribution in [3.05, 3.63) is 27.4 Å². The number of aromatic amines is 1. The molecular formula is C10H14N2O4S. The highest BCUT2D eigenvalue weighted by Crippen LogP contribution is 2.33. The zero-order valence-electron chi connectivity index (χ0n) is 9.24. The number of hydrogen-bond donors (Lipinski definition) is 3. The number of aliphatic hydroxyl groups excluding tert-OH is 2. The first-order chi connectivity index (χ1) is 8.04. The molecule has 2 heterocycles. The Morgan fingerprint density at radius 2 is 2.35 bits per heavy atom. The van der Waals surface area contributed by atoms with E-state index in [1.165, 1.54) is 10.8 Å². The van der Waals surface area contributed by atoms with Gasteiger partial charge in [-0.05, 0) is 6.07 Å². The zero-order chi connectivity index (χ0) is 12.6. The summed E-state index contributed by atoms with van der Waals surface area (Å²) in [6.45, 7) is 1.48. The van der Waals surface area contributed by atoms with Crippen LogP contribution in [0.1, 0.15) is 13.2 Å². The van der Waals surface area contributed by atoms with E-state index in [1.807, 2.05) is 0 Å². The first kappa shape index (κ1) is 12.4. The van der Waals surface area contributed by atoms with Gasteiger partial charge in [0, 0.05) is 12.1 Å². The Hall–Kier alpha value is -1.02. The molecular weight excluding hydrogens is 244 g/mol. The zero-order valence-corrected chi connectivity index (χ0v) is 10.1. The Bertz CT molecular complexity index is 512. The number of aromatic nitrogens is 2. The first-order valence-corrected chi connectivity index (χ1v) is 5.71. The van der Waals surface area contributed by atoms with Crippen molar-refractivity contribution in [2.24, 2.45) is 5.92 Å². The molecule has 0 spiro atoms. The van der Waals surface area contributed by atoms with Gasteiger partial charge < -0.3 is 14.9 Å². The summed E-state index contributed by atoms with van der Waals surface area (Å²) in [4.78, 5) is 14.2. The van der Waals surface area contributed by atoms with Crippen molar-refractivity contribution in [3.63, 3.8) is 0 Å². The van der Waals surface area contributed by atoms with Gasteiger partial charge in [0.05, 0.1) is 12.7 Å². The lowest BCUT2D eigenvalue weighted by Crippen LogP contribution is -2.30. The Balaban J connectivity index is 2.35. The maximum Gasteiger partial charge on any atom is 0.328 e. The average molecular weight is 258 g/mol. The number of aliphatic hydroxyl groups is 2. The van der Waals surface area contributed by atoms with E-state index < -0.39 is 18.4 Å². The van der Waals surface area contributed by atoms with E-state index in [0.29, 0.717) is 4.64 Å². The highest BCUT2D eigenvalue weighted by molar-refractivity contribution is 7.71. The predicted octanol–water partition coefficient (Wildman–Crippen LogP) is -0.207. The molecule has 4 atom stereocenters. The molecule has 3 N–H and O–H groups in total. The monoisotopic (exact) mass is 258 g/mol.